The first-order valence-electron chi connectivity index (χ1n) is 9.18. The zero-order chi connectivity index (χ0) is 17.8. The molecule has 4 rings (SSSR count). The van der Waals surface area contributed by atoms with Crippen LogP contribution in [0.5, 0.6) is 0 Å². The number of hydrogen-bond acceptors (Lipinski definition) is 5. The third-order valence-corrected chi connectivity index (χ3v) is 4.93. The van der Waals surface area contributed by atoms with Crippen LogP contribution >= 0.6 is 0 Å². The lowest BCUT2D eigenvalue weighted by Gasteiger charge is -2.34. The average molecular weight is 348 g/mol. The number of aromatic amines is 1. The molecule has 0 bridgehead atoms. The average Bonchev–Trinajstić information content (AvgIpc) is 3.17. The lowest BCUT2D eigenvalue weighted by atomic mass is 10.00. The van der Waals surface area contributed by atoms with Crippen LogP contribution in [0.3, 0.4) is 0 Å². The number of anilines is 1. The molecule has 6 nitrogen and oxygen atoms in total. The Morgan fingerprint density at radius 3 is 2.69 bits per heavy atom. The molecule has 0 saturated heterocycles. The molecule has 1 aromatic carbocycles. The van der Waals surface area contributed by atoms with E-state index in [9.17, 15) is 0 Å². The van der Waals surface area contributed by atoms with Crippen molar-refractivity contribution in [2.75, 3.05) is 11.9 Å². The van der Waals surface area contributed by atoms with Crippen molar-refractivity contribution in [1.29, 1.82) is 0 Å². The molecule has 134 valence electrons. The van der Waals surface area contributed by atoms with E-state index in [4.69, 9.17) is 0 Å². The number of imidazole rings is 1. The molecule has 0 spiro atoms. The summed E-state index contributed by atoms with van der Waals surface area (Å²) in [6, 6.07) is 10.6. The molecule has 1 aliphatic heterocycles. The highest BCUT2D eigenvalue weighted by Gasteiger charge is 2.28. The maximum absolute atomic E-state index is 4.53. The number of H-pyrrole nitrogens is 1. The largest absolute Gasteiger partial charge is 0.350 e. The lowest BCUT2D eigenvalue weighted by Crippen LogP contribution is -2.35. The van der Waals surface area contributed by atoms with Crippen molar-refractivity contribution in [3.8, 4) is 0 Å². The molecule has 2 aromatic heterocycles. The number of nitrogens with one attached hydrogen (secondary N) is 2. The van der Waals surface area contributed by atoms with Gasteiger partial charge in [-0.2, -0.15) is 0 Å². The molecule has 1 aliphatic rings. The maximum atomic E-state index is 4.53. The first-order chi connectivity index (χ1) is 12.8. The zero-order valence-electron chi connectivity index (χ0n) is 15.0. The Hall–Kier alpha value is -2.73. The van der Waals surface area contributed by atoms with Crippen LogP contribution in [0.4, 0.5) is 5.95 Å². The lowest BCUT2D eigenvalue weighted by molar-refractivity contribution is 0.167. The summed E-state index contributed by atoms with van der Waals surface area (Å²) < 4.78 is 0. The van der Waals surface area contributed by atoms with Gasteiger partial charge in [-0.15, -0.1) is 0 Å². The third kappa shape index (κ3) is 3.60. The van der Waals surface area contributed by atoms with Crippen LogP contribution in [0.15, 0.2) is 49.1 Å². The molecule has 0 radical (unpaired) electrons. The molecular formula is C20H24N6. The predicted molar refractivity (Wildman–Crippen MR) is 102 cm³/mol. The minimum atomic E-state index is 0.362. The molecule has 0 saturated carbocycles. The molecule has 2 N–H and O–H groups in total. The number of rotatable bonds is 6. The van der Waals surface area contributed by atoms with Gasteiger partial charge in [-0.05, 0) is 12.0 Å². The second-order valence-corrected chi connectivity index (χ2v) is 6.66. The second-order valence-electron chi connectivity index (χ2n) is 6.66. The Kier molecular flexibility index (Phi) is 4.93. The number of fused-ring (bicyclic) bond motifs is 1. The molecule has 26 heavy (non-hydrogen) atoms. The number of aromatic nitrogens is 4. The van der Waals surface area contributed by atoms with Gasteiger partial charge in [-0.3, -0.25) is 4.90 Å². The van der Waals surface area contributed by atoms with Gasteiger partial charge in [0, 0.05) is 49.7 Å². The summed E-state index contributed by atoms with van der Waals surface area (Å²) in [5.41, 5.74) is 4.83. The smallest absolute Gasteiger partial charge is 0.222 e. The highest BCUT2D eigenvalue weighted by molar-refractivity contribution is 5.28. The fraction of sp³-hybridized carbons (Fsp3) is 0.350. The molecule has 0 fully saturated rings. The van der Waals surface area contributed by atoms with Gasteiger partial charge in [0.15, 0.2) is 0 Å². The number of hydrogen-bond donors (Lipinski definition) is 2. The Morgan fingerprint density at radius 1 is 1.12 bits per heavy atom. The first-order valence-corrected chi connectivity index (χ1v) is 9.18. The van der Waals surface area contributed by atoms with E-state index in [0.717, 1.165) is 38.0 Å². The van der Waals surface area contributed by atoms with Crippen molar-refractivity contribution >= 4 is 5.95 Å². The van der Waals surface area contributed by atoms with Gasteiger partial charge in [0.1, 0.15) is 0 Å². The molecule has 3 heterocycles. The van der Waals surface area contributed by atoms with Crippen LogP contribution in [0.1, 0.15) is 41.9 Å². The second kappa shape index (κ2) is 7.66. The topological polar surface area (TPSA) is 69.7 Å². The Labute approximate surface area is 153 Å². The highest BCUT2D eigenvalue weighted by atomic mass is 15.2. The van der Waals surface area contributed by atoms with Crippen molar-refractivity contribution in [3.63, 3.8) is 0 Å². The Bertz CT molecular complexity index is 827. The van der Waals surface area contributed by atoms with Crippen molar-refractivity contribution in [2.45, 2.75) is 38.9 Å². The third-order valence-electron chi connectivity index (χ3n) is 4.93. The van der Waals surface area contributed by atoms with Crippen molar-refractivity contribution < 1.29 is 0 Å². The predicted octanol–water partition coefficient (Wildman–Crippen LogP) is 3.32. The summed E-state index contributed by atoms with van der Waals surface area (Å²) in [6.07, 6.45) is 7.73. The van der Waals surface area contributed by atoms with E-state index < -0.39 is 0 Å². The molecule has 0 amide bonds. The van der Waals surface area contributed by atoms with Gasteiger partial charge < -0.3 is 10.3 Å². The molecule has 3 aromatic rings. The SMILES string of the molecule is CC[C@@H]1c2nc[nH]c2CCN1Cc1cnc(NCc2ccccc2)nc1. The zero-order valence-corrected chi connectivity index (χ0v) is 15.0. The summed E-state index contributed by atoms with van der Waals surface area (Å²) in [5, 5.41) is 3.27. The minimum absolute atomic E-state index is 0.362. The van der Waals surface area contributed by atoms with Gasteiger partial charge in [-0.25, -0.2) is 15.0 Å². The van der Waals surface area contributed by atoms with Gasteiger partial charge in [0.2, 0.25) is 5.95 Å². The highest BCUT2D eigenvalue weighted by Crippen LogP contribution is 2.30. The Morgan fingerprint density at radius 2 is 1.92 bits per heavy atom. The van der Waals surface area contributed by atoms with E-state index in [1.807, 2.05) is 36.9 Å². The summed E-state index contributed by atoms with van der Waals surface area (Å²) in [7, 11) is 0. The number of benzene rings is 1. The quantitative estimate of drug-likeness (QED) is 0.715. The van der Waals surface area contributed by atoms with Crippen molar-refractivity contribution in [3.05, 3.63) is 71.6 Å². The summed E-state index contributed by atoms with van der Waals surface area (Å²) >= 11 is 0. The normalized spacial score (nSPS) is 17.0. The van der Waals surface area contributed by atoms with E-state index >= 15 is 0 Å². The molecular weight excluding hydrogens is 324 g/mol. The van der Waals surface area contributed by atoms with E-state index in [0.29, 0.717) is 12.0 Å². The van der Waals surface area contributed by atoms with Crippen LogP contribution in [0.2, 0.25) is 0 Å². The summed E-state index contributed by atoms with van der Waals surface area (Å²) in [5.74, 6) is 0.665. The molecule has 6 heteroatoms. The fourth-order valence-electron chi connectivity index (χ4n) is 3.58. The van der Waals surface area contributed by atoms with E-state index in [1.165, 1.54) is 17.0 Å². The number of nitrogens with zero attached hydrogens (tertiary/aromatic N) is 4. The van der Waals surface area contributed by atoms with Gasteiger partial charge in [-0.1, -0.05) is 37.3 Å². The molecule has 0 unspecified atom stereocenters. The maximum Gasteiger partial charge on any atom is 0.222 e. The van der Waals surface area contributed by atoms with Crippen LogP contribution in [0, 0.1) is 0 Å². The van der Waals surface area contributed by atoms with E-state index in [-0.39, 0.29) is 0 Å². The van der Waals surface area contributed by atoms with Gasteiger partial charge >= 0.3 is 0 Å². The van der Waals surface area contributed by atoms with Crippen LogP contribution in [-0.4, -0.2) is 31.4 Å². The molecule has 0 aliphatic carbocycles. The Balaban J connectivity index is 1.38. The van der Waals surface area contributed by atoms with Crippen molar-refractivity contribution in [2.24, 2.45) is 0 Å². The fourth-order valence-corrected chi connectivity index (χ4v) is 3.58. The van der Waals surface area contributed by atoms with Gasteiger partial charge in [0.05, 0.1) is 18.1 Å². The monoisotopic (exact) mass is 348 g/mol. The first kappa shape index (κ1) is 16.7. The van der Waals surface area contributed by atoms with Crippen LogP contribution < -0.4 is 5.32 Å². The summed E-state index contributed by atoms with van der Waals surface area (Å²) in [6.45, 7) is 4.83. The van der Waals surface area contributed by atoms with Crippen LogP contribution in [0.25, 0.3) is 0 Å². The van der Waals surface area contributed by atoms with Gasteiger partial charge in [0.25, 0.3) is 0 Å². The standard InChI is InChI=1S/C20H24N6/c1-2-18-19-17(24-14-25-19)8-9-26(18)13-16-11-22-20(23-12-16)21-10-15-6-4-3-5-7-15/h3-7,11-12,14,18H,2,8-10,13H2,1H3,(H,24,25)(H,21,22,23)/t18-/m1/s1. The minimum Gasteiger partial charge on any atom is -0.350 e. The van der Waals surface area contributed by atoms with E-state index in [2.05, 4.69) is 49.2 Å². The van der Waals surface area contributed by atoms with Crippen LogP contribution in [-0.2, 0) is 19.5 Å². The summed E-state index contributed by atoms with van der Waals surface area (Å²) in [4.78, 5) is 19.2. The molecule has 1 atom stereocenters. The van der Waals surface area contributed by atoms with E-state index in [1.54, 1.807) is 0 Å². The van der Waals surface area contributed by atoms with Crippen molar-refractivity contribution in [1.82, 2.24) is 24.8 Å².